The average Bonchev–Trinajstić information content (AvgIpc) is 2.72. The Labute approximate surface area is 178 Å². The van der Waals surface area contributed by atoms with Crippen LogP contribution in [0.2, 0.25) is 0 Å². The Balaban J connectivity index is 2.06. The summed E-state index contributed by atoms with van der Waals surface area (Å²) in [6.45, 7) is 1.20. The maximum atomic E-state index is 13.7. The van der Waals surface area contributed by atoms with Crippen molar-refractivity contribution in [2.75, 3.05) is 6.61 Å². The molecule has 11 heteroatoms. The first-order valence-corrected chi connectivity index (χ1v) is 9.17. The maximum Gasteiger partial charge on any atom is 0.573 e. The number of nitrogens with zero attached hydrogens (tertiary/aromatic N) is 2. The highest BCUT2D eigenvalue weighted by Crippen LogP contribution is 2.28. The fourth-order valence-electron chi connectivity index (χ4n) is 2.69. The molecule has 0 unspecified atom stereocenters. The third-order valence-electron chi connectivity index (χ3n) is 4.11. The van der Waals surface area contributed by atoms with E-state index in [2.05, 4.69) is 20.0 Å². The minimum Gasteiger partial charge on any atom is -0.406 e. The second kappa shape index (κ2) is 9.27. The molecular formula is C21H16F5N3O3. The van der Waals surface area contributed by atoms with Crippen LogP contribution in [-0.2, 0) is 0 Å². The van der Waals surface area contributed by atoms with Gasteiger partial charge in [-0.1, -0.05) is 0 Å². The van der Waals surface area contributed by atoms with E-state index in [-0.39, 0.29) is 29.4 Å². The molecule has 3 aromatic rings. The number of amides is 1. The van der Waals surface area contributed by atoms with E-state index >= 15 is 0 Å². The smallest absolute Gasteiger partial charge is 0.406 e. The molecule has 1 aromatic heterocycles. The molecule has 0 saturated carbocycles. The third-order valence-corrected chi connectivity index (χ3v) is 4.11. The number of aromatic nitrogens is 2. The number of halogens is 5. The summed E-state index contributed by atoms with van der Waals surface area (Å²) in [7, 11) is 0. The van der Waals surface area contributed by atoms with E-state index < -0.39 is 35.7 Å². The predicted octanol–water partition coefficient (Wildman–Crippen LogP) is 4.10. The van der Waals surface area contributed by atoms with Gasteiger partial charge in [0.2, 0.25) is 0 Å². The van der Waals surface area contributed by atoms with Gasteiger partial charge in [-0.2, -0.15) is 0 Å². The van der Waals surface area contributed by atoms with Gasteiger partial charge in [-0.15, -0.1) is 13.2 Å². The molecule has 1 amide bonds. The molecule has 1 heterocycles. The van der Waals surface area contributed by atoms with Crippen LogP contribution in [0.4, 0.5) is 22.0 Å². The number of nitrogens with one attached hydrogen (secondary N) is 1. The highest BCUT2D eigenvalue weighted by atomic mass is 19.4. The van der Waals surface area contributed by atoms with Crippen molar-refractivity contribution in [3.63, 3.8) is 0 Å². The number of alkyl halides is 3. The van der Waals surface area contributed by atoms with E-state index in [1.54, 1.807) is 6.92 Å². The second-order valence-corrected chi connectivity index (χ2v) is 6.75. The Morgan fingerprint density at radius 3 is 2.22 bits per heavy atom. The van der Waals surface area contributed by atoms with Gasteiger partial charge >= 0.3 is 6.36 Å². The van der Waals surface area contributed by atoms with Crippen LogP contribution in [0.15, 0.2) is 48.5 Å². The number of ether oxygens (including phenoxy) is 1. The van der Waals surface area contributed by atoms with Gasteiger partial charge in [-0.05, 0) is 49.4 Å². The van der Waals surface area contributed by atoms with E-state index in [9.17, 15) is 26.7 Å². The minimum absolute atomic E-state index is 0.0503. The van der Waals surface area contributed by atoms with E-state index in [4.69, 9.17) is 5.11 Å². The Morgan fingerprint density at radius 1 is 1.03 bits per heavy atom. The molecule has 32 heavy (non-hydrogen) atoms. The maximum absolute atomic E-state index is 13.7. The summed E-state index contributed by atoms with van der Waals surface area (Å²) in [6.07, 6.45) is -4.86. The van der Waals surface area contributed by atoms with E-state index in [1.807, 2.05) is 0 Å². The van der Waals surface area contributed by atoms with Gasteiger partial charge in [0.05, 0.1) is 12.3 Å². The topological polar surface area (TPSA) is 84.3 Å². The van der Waals surface area contributed by atoms with Crippen molar-refractivity contribution in [1.82, 2.24) is 15.3 Å². The highest BCUT2D eigenvalue weighted by Gasteiger charge is 2.31. The summed E-state index contributed by atoms with van der Waals surface area (Å²) in [5.41, 5.74) is 0.181. The molecule has 0 radical (unpaired) electrons. The number of rotatable bonds is 6. The highest BCUT2D eigenvalue weighted by molar-refractivity contribution is 5.94. The molecule has 0 aliphatic carbocycles. The fraction of sp³-hybridized carbons (Fsp3) is 0.190. The third kappa shape index (κ3) is 5.97. The standard InChI is InChI=1S/C21H16F5N3O3/c1-11(10-30)27-20(31)18-9-17(12-2-4-16(5-3-12)32-21(24,25)26)28-19(29-18)13-6-14(22)8-15(23)7-13/h2-9,11,30H,10H2,1H3,(H,27,31)/t11-/m0/s1. The molecule has 0 spiro atoms. The zero-order chi connectivity index (χ0) is 23.5. The largest absolute Gasteiger partial charge is 0.573 e. The van der Waals surface area contributed by atoms with Crippen LogP contribution >= 0.6 is 0 Å². The Bertz CT molecular complexity index is 1100. The lowest BCUT2D eigenvalue weighted by atomic mass is 10.1. The van der Waals surface area contributed by atoms with E-state index in [0.29, 0.717) is 11.6 Å². The van der Waals surface area contributed by atoms with Crippen LogP contribution in [-0.4, -0.2) is 40.0 Å². The lowest BCUT2D eigenvalue weighted by Gasteiger charge is -2.13. The van der Waals surface area contributed by atoms with Gasteiger partial charge in [-0.25, -0.2) is 18.7 Å². The average molecular weight is 453 g/mol. The zero-order valence-electron chi connectivity index (χ0n) is 16.5. The number of carbonyl (C=O) groups excluding carboxylic acids is 1. The lowest BCUT2D eigenvalue weighted by Crippen LogP contribution is -2.35. The SMILES string of the molecule is C[C@@H](CO)NC(=O)c1cc(-c2ccc(OC(F)(F)F)cc2)nc(-c2cc(F)cc(F)c2)n1. The summed E-state index contributed by atoms with van der Waals surface area (Å²) >= 11 is 0. The van der Waals surface area contributed by atoms with Crippen molar-refractivity contribution in [3.8, 4) is 28.4 Å². The Hall–Kier alpha value is -3.60. The van der Waals surface area contributed by atoms with Crippen LogP contribution in [0, 0.1) is 11.6 Å². The van der Waals surface area contributed by atoms with Crippen LogP contribution in [0.25, 0.3) is 22.6 Å². The minimum atomic E-state index is -4.86. The number of benzene rings is 2. The van der Waals surface area contributed by atoms with Crippen molar-refractivity contribution >= 4 is 5.91 Å². The van der Waals surface area contributed by atoms with E-state index in [1.165, 1.54) is 18.2 Å². The predicted molar refractivity (Wildman–Crippen MR) is 104 cm³/mol. The van der Waals surface area contributed by atoms with Crippen LogP contribution in [0.3, 0.4) is 0 Å². The molecule has 3 rings (SSSR count). The number of aliphatic hydroxyl groups is 1. The zero-order valence-corrected chi connectivity index (χ0v) is 16.5. The summed E-state index contributed by atoms with van der Waals surface area (Å²) in [6, 6.07) is 7.92. The number of carbonyl (C=O) groups is 1. The number of hydrogen-bond acceptors (Lipinski definition) is 5. The van der Waals surface area contributed by atoms with Gasteiger partial charge in [0.15, 0.2) is 5.82 Å². The number of aliphatic hydroxyl groups excluding tert-OH is 1. The Morgan fingerprint density at radius 2 is 1.66 bits per heavy atom. The second-order valence-electron chi connectivity index (χ2n) is 6.75. The van der Waals surface area contributed by atoms with Crippen molar-refractivity contribution < 1.29 is 36.6 Å². The van der Waals surface area contributed by atoms with Gasteiger partial charge in [-0.3, -0.25) is 4.79 Å². The number of hydrogen-bond donors (Lipinski definition) is 2. The summed E-state index contributed by atoms with van der Waals surface area (Å²) in [4.78, 5) is 20.8. The van der Waals surface area contributed by atoms with Gasteiger partial charge in [0.25, 0.3) is 5.91 Å². The van der Waals surface area contributed by atoms with Gasteiger partial charge in [0.1, 0.15) is 23.1 Å². The summed E-state index contributed by atoms with van der Waals surface area (Å²) < 4.78 is 68.3. The monoisotopic (exact) mass is 453 g/mol. The summed E-state index contributed by atoms with van der Waals surface area (Å²) in [5.74, 6) is -3.11. The van der Waals surface area contributed by atoms with E-state index in [0.717, 1.165) is 24.3 Å². The molecule has 168 valence electrons. The summed E-state index contributed by atoms with van der Waals surface area (Å²) in [5, 5.41) is 11.6. The molecule has 0 aliphatic heterocycles. The first-order chi connectivity index (χ1) is 15.0. The van der Waals surface area contributed by atoms with Crippen molar-refractivity contribution in [1.29, 1.82) is 0 Å². The lowest BCUT2D eigenvalue weighted by molar-refractivity contribution is -0.274. The molecular weight excluding hydrogens is 437 g/mol. The first-order valence-electron chi connectivity index (χ1n) is 9.17. The van der Waals surface area contributed by atoms with Crippen molar-refractivity contribution in [2.45, 2.75) is 19.3 Å². The molecule has 0 aliphatic rings. The molecule has 1 atom stereocenters. The van der Waals surface area contributed by atoms with Crippen molar-refractivity contribution in [3.05, 3.63) is 65.9 Å². The van der Waals surface area contributed by atoms with Crippen LogP contribution in [0.5, 0.6) is 5.75 Å². The molecule has 2 N–H and O–H groups in total. The molecule has 0 fully saturated rings. The van der Waals surface area contributed by atoms with Gasteiger partial charge in [0, 0.05) is 23.2 Å². The molecule has 0 saturated heterocycles. The fourth-order valence-corrected chi connectivity index (χ4v) is 2.69. The normalized spacial score (nSPS) is 12.3. The Kier molecular flexibility index (Phi) is 6.68. The van der Waals surface area contributed by atoms with Crippen LogP contribution in [0.1, 0.15) is 17.4 Å². The molecule has 6 nitrogen and oxygen atoms in total. The molecule has 2 aromatic carbocycles. The first kappa shape index (κ1) is 23.1. The quantitative estimate of drug-likeness (QED) is 0.549. The van der Waals surface area contributed by atoms with Gasteiger partial charge < -0.3 is 15.2 Å². The molecule has 0 bridgehead atoms. The van der Waals surface area contributed by atoms with Crippen LogP contribution < -0.4 is 10.1 Å². The van der Waals surface area contributed by atoms with Crippen molar-refractivity contribution in [2.24, 2.45) is 0 Å².